The number of phosphoric ester groups is 1. The molecule has 1 N–H and O–H groups in total. The number of carbonyl (C=O) groups excluding carboxylic acids is 2. The van der Waals surface area contributed by atoms with Gasteiger partial charge in [0, 0.05) is 12.8 Å². The lowest BCUT2D eigenvalue weighted by Gasteiger charge is -2.24. The summed E-state index contributed by atoms with van der Waals surface area (Å²) in [7, 11) is 1.44. The zero-order valence-electron chi connectivity index (χ0n) is 48.7. The van der Waals surface area contributed by atoms with E-state index in [1.165, 1.54) is 51.4 Å². The Balaban J connectivity index is 4.16. The number of phosphoric acid groups is 1. The highest BCUT2D eigenvalue weighted by molar-refractivity contribution is 7.47. The Labute approximate surface area is 465 Å². The molecule has 0 rings (SSSR count). The Bertz CT molecular complexity index is 1790. The van der Waals surface area contributed by atoms with Crippen molar-refractivity contribution in [2.45, 2.75) is 213 Å². The minimum atomic E-state index is -4.40. The summed E-state index contributed by atoms with van der Waals surface area (Å²) in [5.41, 5.74) is 0. The summed E-state index contributed by atoms with van der Waals surface area (Å²) in [5, 5.41) is 0. The number of allylic oxidation sites excluding steroid dienone is 24. The summed E-state index contributed by atoms with van der Waals surface area (Å²) >= 11 is 0. The van der Waals surface area contributed by atoms with E-state index in [0.717, 1.165) is 122 Å². The maximum absolute atomic E-state index is 12.8. The molecule has 10 heteroatoms. The standard InChI is InChI=1S/C66H108NO8P/c1-6-8-10-12-14-16-18-19-20-21-22-23-24-25-26-27-28-29-30-31-32-33-34-35-36-37-38-39-40-41-42-43-44-45-46-47-49-51-53-55-57-59-66(69)75-64(63-74-76(70,71)73-61-60-67(3,4)5)62-72-65(68)58-56-54-52-50-48-17-15-13-11-9-7-2/h8,10,14,16,19-20,22-23,25-26,28-29,31-32,34-35,37-38,40-41,43-44,46-47,64H,6-7,9,11-13,15,17-18,21,24,27,30,33,36,39,42,45,48-63H2,1-5H3/p+1/b10-8-,16-14-,20-19-,23-22-,26-25-,29-28-,32-31-,35-34-,38-37-,41-40-,44-43-,47-46-. The summed E-state index contributed by atoms with van der Waals surface area (Å²) in [6.07, 6.45) is 82.2. The molecule has 0 bridgehead atoms. The predicted octanol–water partition coefficient (Wildman–Crippen LogP) is 18.7. The van der Waals surface area contributed by atoms with Crippen LogP contribution in [0.25, 0.3) is 0 Å². The summed E-state index contributed by atoms with van der Waals surface area (Å²) in [6.45, 7) is 4.25. The molecule has 0 aromatic heterocycles. The van der Waals surface area contributed by atoms with Crippen molar-refractivity contribution in [3.05, 3.63) is 146 Å². The Hall–Kier alpha value is -4.11. The van der Waals surface area contributed by atoms with Crippen molar-refractivity contribution in [2.24, 2.45) is 0 Å². The lowest BCUT2D eigenvalue weighted by atomic mass is 10.1. The summed E-state index contributed by atoms with van der Waals surface area (Å²) in [4.78, 5) is 35.5. The third kappa shape index (κ3) is 59.1. The van der Waals surface area contributed by atoms with Gasteiger partial charge < -0.3 is 18.9 Å². The number of nitrogens with zero attached hydrogens (tertiary/aromatic N) is 1. The normalized spacial score (nSPS) is 14.3. The van der Waals surface area contributed by atoms with Crippen molar-refractivity contribution >= 4 is 19.8 Å². The van der Waals surface area contributed by atoms with Crippen LogP contribution in [0.5, 0.6) is 0 Å². The van der Waals surface area contributed by atoms with Gasteiger partial charge in [0.2, 0.25) is 0 Å². The van der Waals surface area contributed by atoms with Crippen molar-refractivity contribution in [1.29, 1.82) is 0 Å². The molecule has 0 fully saturated rings. The van der Waals surface area contributed by atoms with E-state index < -0.39 is 26.5 Å². The monoisotopic (exact) mass is 1070 g/mol. The number of rotatable bonds is 52. The van der Waals surface area contributed by atoms with E-state index in [2.05, 4.69) is 160 Å². The molecule has 0 aromatic carbocycles. The van der Waals surface area contributed by atoms with Gasteiger partial charge in [0.05, 0.1) is 27.7 Å². The molecular weight excluding hydrogens is 966 g/mol. The zero-order valence-corrected chi connectivity index (χ0v) is 49.6. The molecule has 0 radical (unpaired) electrons. The van der Waals surface area contributed by atoms with E-state index in [1.54, 1.807) is 0 Å². The van der Waals surface area contributed by atoms with Gasteiger partial charge in [-0.05, 0) is 103 Å². The summed E-state index contributed by atoms with van der Waals surface area (Å²) < 4.78 is 34.4. The van der Waals surface area contributed by atoms with Gasteiger partial charge in [-0.1, -0.05) is 237 Å². The van der Waals surface area contributed by atoms with Crippen LogP contribution in [0.4, 0.5) is 0 Å². The van der Waals surface area contributed by atoms with Crippen LogP contribution < -0.4 is 0 Å². The van der Waals surface area contributed by atoms with E-state index in [1.807, 2.05) is 21.1 Å². The molecule has 430 valence electrons. The number of hydrogen-bond acceptors (Lipinski definition) is 7. The van der Waals surface area contributed by atoms with Crippen molar-refractivity contribution in [1.82, 2.24) is 0 Å². The fourth-order valence-corrected chi connectivity index (χ4v) is 8.09. The molecule has 0 aliphatic carbocycles. The van der Waals surface area contributed by atoms with Gasteiger partial charge in [-0.25, -0.2) is 4.57 Å². The number of likely N-dealkylation sites (N-methyl/N-ethyl adjacent to an activating group) is 1. The van der Waals surface area contributed by atoms with Crippen LogP contribution >= 0.6 is 7.82 Å². The number of hydrogen-bond donors (Lipinski definition) is 1. The number of unbranched alkanes of at least 4 members (excludes halogenated alkanes) is 14. The molecule has 0 aromatic rings. The largest absolute Gasteiger partial charge is 0.472 e. The highest BCUT2D eigenvalue weighted by Crippen LogP contribution is 2.43. The smallest absolute Gasteiger partial charge is 0.462 e. The van der Waals surface area contributed by atoms with Crippen molar-refractivity contribution < 1.29 is 42.1 Å². The van der Waals surface area contributed by atoms with E-state index in [-0.39, 0.29) is 32.0 Å². The Morgan fingerprint density at radius 2 is 0.750 bits per heavy atom. The van der Waals surface area contributed by atoms with E-state index in [9.17, 15) is 19.0 Å². The molecule has 0 saturated heterocycles. The second-order valence-corrected chi connectivity index (χ2v) is 21.8. The minimum Gasteiger partial charge on any atom is -0.462 e. The van der Waals surface area contributed by atoms with Gasteiger partial charge in [0.1, 0.15) is 19.8 Å². The molecule has 0 heterocycles. The van der Waals surface area contributed by atoms with E-state index in [0.29, 0.717) is 17.4 Å². The van der Waals surface area contributed by atoms with Crippen molar-refractivity contribution in [3.63, 3.8) is 0 Å². The van der Waals surface area contributed by atoms with Crippen LogP contribution in [0.3, 0.4) is 0 Å². The lowest BCUT2D eigenvalue weighted by molar-refractivity contribution is -0.870. The minimum absolute atomic E-state index is 0.0201. The lowest BCUT2D eigenvalue weighted by Crippen LogP contribution is -2.37. The van der Waals surface area contributed by atoms with Crippen LogP contribution in [0.1, 0.15) is 206 Å². The molecule has 9 nitrogen and oxygen atoms in total. The first-order valence-corrected chi connectivity index (χ1v) is 31.1. The van der Waals surface area contributed by atoms with Crippen LogP contribution in [-0.4, -0.2) is 74.9 Å². The van der Waals surface area contributed by atoms with Crippen LogP contribution in [-0.2, 0) is 32.7 Å². The zero-order chi connectivity index (χ0) is 55.6. The molecule has 76 heavy (non-hydrogen) atoms. The first-order valence-electron chi connectivity index (χ1n) is 29.6. The Kier molecular flexibility index (Phi) is 52.6. The van der Waals surface area contributed by atoms with Crippen LogP contribution in [0.15, 0.2) is 146 Å². The number of ether oxygens (including phenoxy) is 2. The average Bonchev–Trinajstić information content (AvgIpc) is 3.38. The molecule has 0 aliphatic heterocycles. The second-order valence-electron chi connectivity index (χ2n) is 20.3. The third-order valence-electron chi connectivity index (χ3n) is 11.9. The molecular formula is C66H109NO8P+. The molecule has 0 aliphatic rings. The van der Waals surface area contributed by atoms with Gasteiger partial charge in [-0.3, -0.25) is 18.6 Å². The highest BCUT2D eigenvalue weighted by Gasteiger charge is 2.27. The van der Waals surface area contributed by atoms with Gasteiger partial charge >= 0.3 is 19.8 Å². The van der Waals surface area contributed by atoms with E-state index >= 15 is 0 Å². The predicted molar refractivity (Wildman–Crippen MR) is 325 cm³/mol. The molecule has 0 saturated carbocycles. The maximum Gasteiger partial charge on any atom is 0.472 e. The number of esters is 2. The van der Waals surface area contributed by atoms with Crippen LogP contribution in [0.2, 0.25) is 0 Å². The highest BCUT2D eigenvalue weighted by atomic mass is 31.2. The van der Waals surface area contributed by atoms with Crippen molar-refractivity contribution in [2.75, 3.05) is 47.5 Å². The number of quaternary nitrogens is 1. The summed E-state index contributed by atoms with van der Waals surface area (Å²) in [6, 6.07) is 0. The molecule has 0 amide bonds. The maximum atomic E-state index is 12.8. The van der Waals surface area contributed by atoms with Crippen LogP contribution in [0, 0.1) is 0 Å². The fourth-order valence-electron chi connectivity index (χ4n) is 7.35. The summed E-state index contributed by atoms with van der Waals surface area (Å²) in [5.74, 6) is -0.837. The second kappa shape index (κ2) is 55.6. The first-order chi connectivity index (χ1) is 37.0. The Morgan fingerprint density at radius 3 is 1.12 bits per heavy atom. The number of carbonyl (C=O) groups is 2. The topological polar surface area (TPSA) is 108 Å². The van der Waals surface area contributed by atoms with E-state index in [4.69, 9.17) is 18.5 Å². The molecule has 2 atom stereocenters. The van der Waals surface area contributed by atoms with Gasteiger partial charge in [-0.15, -0.1) is 0 Å². The average molecular weight is 1080 g/mol. The van der Waals surface area contributed by atoms with Gasteiger partial charge in [0.25, 0.3) is 0 Å². The SMILES string of the molecule is CC/C=C\C/C=C\C/C=C\C/C=C\C/C=C\C/C=C\C/C=C\C/C=C\C/C=C\C/C=C\C/C=C\C/C=C\CCCCCCC(=O)OC(COC(=O)CCCCCCCCCCCCC)COP(=O)(O)OCC[N+](C)(C)C. The fraction of sp³-hybridized carbons (Fsp3) is 0.606. The van der Waals surface area contributed by atoms with Crippen molar-refractivity contribution in [3.8, 4) is 0 Å². The Morgan fingerprint density at radius 1 is 0.421 bits per heavy atom. The molecule has 2 unspecified atom stereocenters. The molecule has 0 spiro atoms. The third-order valence-corrected chi connectivity index (χ3v) is 12.9. The first kappa shape index (κ1) is 71.9. The van der Waals surface area contributed by atoms with Gasteiger partial charge in [0.15, 0.2) is 6.10 Å². The van der Waals surface area contributed by atoms with Gasteiger partial charge in [-0.2, -0.15) is 0 Å². The quantitative estimate of drug-likeness (QED) is 0.0211.